The summed E-state index contributed by atoms with van der Waals surface area (Å²) in [6.07, 6.45) is 5.24. The molecule has 1 aliphatic rings. The normalized spacial score (nSPS) is 15.8. The van der Waals surface area contributed by atoms with Crippen molar-refractivity contribution in [3.8, 4) is 5.75 Å². The van der Waals surface area contributed by atoms with Crippen molar-refractivity contribution in [2.75, 3.05) is 0 Å². The van der Waals surface area contributed by atoms with Crippen LogP contribution < -0.4 is 0 Å². The Labute approximate surface area is 96.7 Å². The molecule has 1 N–H and O–H groups in total. The Hall–Kier alpha value is -1.09. The van der Waals surface area contributed by atoms with Crippen LogP contribution in [0.25, 0.3) is 6.08 Å². The van der Waals surface area contributed by atoms with Crippen molar-refractivity contribution in [2.45, 2.75) is 12.8 Å². The van der Waals surface area contributed by atoms with E-state index in [0.29, 0.717) is 5.56 Å². The van der Waals surface area contributed by atoms with Gasteiger partial charge in [0.1, 0.15) is 5.75 Å². The van der Waals surface area contributed by atoms with Gasteiger partial charge in [-0.3, -0.25) is 4.79 Å². The first-order valence-corrected chi connectivity index (χ1v) is 5.66. The van der Waals surface area contributed by atoms with Crippen LogP contribution in [0, 0.1) is 5.92 Å². The molecule has 0 aromatic heterocycles. The molecule has 0 bridgehead atoms. The molecule has 0 saturated heterocycles. The summed E-state index contributed by atoms with van der Waals surface area (Å²) in [4.78, 5) is 11.4. The van der Waals surface area contributed by atoms with Gasteiger partial charge in [-0.1, -0.05) is 15.9 Å². The smallest absolute Gasteiger partial charge is 0.158 e. The van der Waals surface area contributed by atoms with Crippen molar-refractivity contribution in [3.05, 3.63) is 34.3 Å². The minimum atomic E-state index is 0.161. The van der Waals surface area contributed by atoms with Crippen LogP contribution in [0.15, 0.2) is 28.7 Å². The van der Waals surface area contributed by atoms with Gasteiger partial charge in [0.05, 0.1) is 0 Å². The number of hydrogen-bond donors (Lipinski definition) is 1. The van der Waals surface area contributed by atoms with Crippen LogP contribution in [0.3, 0.4) is 0 Å². The summed E-state index contributed by atoms with van der Waals surface area (Å²) >= 11 is 3.31. The van der Waals surface area contributed by atoms with E-state index in [1.165, 1.54) is 0 Å². The van der Waals surface area contributed by atoms with Gasteiger partial charge in [-0.25, -0.2) is 0 Å². The first-order chi connectivity index (χ1) is 7.16. The van der Waals surface area contributed by atoms with Crippen LogP contribution in [0.5, 0.6) is 5.75 Å². The van der Waals surface area contributed by atoms with Gasteiger partial charge in [-0.15, -0.1) is 0 Å². The molecule has 1 aliphatic carbocycles. The predicted octanol–water partition coefficient (Wildman–Crippen LogP) is 3.15. The van der Waals surface area contributed by atoms with Crippen LogP contribution in [0.1, 0.15) is 18.4 Å². The lowest BCUT2D eigenvalue weighted by molar-refractivity contribution is -0.115. The average molecular weight is 267 g/mol. The molecule has 0 spiro atoms. The lowest BCUT2D eigenvalue weighted by atomic mass is 10.1. The van der Waals surface area contributed by atoms with E-state index in [9.17, 15) is 9.90 Å². The maximum Gasteiger partial charge on any atom is 0.158 e. The number of rotatable bonds is 3. The van der Waals surface area contributed by atoms with Crippen molar-refractivity contribution in [1.29, 1.82) is 0 Å². The first kappa shape index (κ1) is 10.4. The van der Waals surface area contributed by atoms with E-state index >= 15 is 0 Å². The van der Waals surface area contributed by atoms with Crippen molar-refractivity contribution >= 4 is 27.8 Å². The highest BCUT2D eigenvalue weighted by atomic mass is 79.9. The molecule has 1 fully saturated rings. The Balaban J connectivity index is 2.15. The highest BCUT2D eigenvalue weighted by molar-refractivity contribution is 9.10. The molecule has 0 unspecified atom stereocenters. The number of halogens is 1. The van der Waals surface area contributed by atoms with Crippen LogP contribution in [0.2, 0.25) is 0 Å². The third-order valence-corrected chi connectivity index (χ3v) is 2.89. The fraction of sp³-hybridized carbons (Fsp3) is 0.250. The number of hydrogen-bond acceptors (Lipinski definition) is 2. The molecular formula is C12H11BrO2. The number of phenols is 1. The molecule has 0 atom stereocenters. The maximum absolute atomic E-state index is 11.4. The van der Waals surface area contributed by atoms with Gasteiger partial charge in [-0.05, 0) is 43.2 Å². The molecule has 15 heavy (non-hydrogen) atoms. The molecule has 0 heterocycles. The van der Waals surface area contributed by atoms with E-state index in [1.54, 1.807) is 30.4 Å². The Bertz CT molecular complexity index is 420. The highest BCUT2D eigenvalue weighted by Crippen LogP contribution is 2.31. The van der Waals surface area contributed by atoms with Crippen LogP contribution in [-0.4, -0.2) is 10.9 Å². The second kappa shape index (κ2) is 4.19. The van der Waals surface area contributed by atoms with Crippen LogP contribution >= 0.6 is 15.9 Å². The number of carbonyl (C=O) groups excluding carboxylic acids is 1. The monoisotopic (exact) mass is 266 g/mol. The molecule has 1 aromatic carbocycles. The lowest BCUT2D eigenvalue weighted by Gasteiger charge is -1.99. The van der Waals surface area contributed by atoms with Gasteiger partial charge in [0.25, 0.3) is 0 Å². The largest absolute Gasteiger partial charge is 0.507 e. The second-order valence-corrected chi connectivity index (χ2v) is 4.63. The average Bonchev–Trinajstić information content (AvgIpc) is 3.02. The summed E-state index contributed by atoms with van der Waals surface area (Å²) < 4.78 is 0.888. The van der Waals surface area contributed by atoms with Gasteiger partial charge in [0, 0.05) is 16.0 Å². The molecule has 0 amide bonds. The number of phenolic OH excluding ortho intramolecular Hbond substituents is 1. The van der Waals surface area contributed by atoms with Gasteiger partial charge in [0.2, 0.25) is 0 Å². The minimum absolute atomic E-state index is 0.161. The third-order valence-electron chi connectivity index (χ3n) is 2.40. The van der Waals surface area contributed by atoms with E-state index in [2.05, 4.69) is 15.9 Å². The third kappa shape index (κ3) is 2.69. The number of allylic oxidation sites excluding steroid dienone is 1. The Morgan fingerprint density at radius 3 is 2.87 bits per heavy atom. The predicted molar refractivity (Wildman–Crippen MR) is 62.6 cm³/mol. The SMILES string of the molecule is O=C(/C=C/c1cc(Br)ccc1O)C1CC1. The van der Waals surface area contributed by atoms with Crippen molar-refractivity contribution in [2.24, 2.45) is 5.92 Å². The minimum Gasteiger partial charge on any atom is -0.507 e. The van der Waals surface area contributed by atoms with Gasteiger partial charge >= 0.3 is 0 Å². The number of benzene rings is 1. The zero-order valence-corrected chi connectivity index (χ0v) is 9.70. The Morgan fingerprint density at radius 2 is 2.20 bits per heavy atom. The summed E-state index contributed by atoms with van der Waals surface area (Å²) in [7, 11) is 0. The topological polar surface area (TPSA) is 37.3 Å². The molecule has 0 aliphatic heterocycles. The standard InChI is InChI=1S/C12H11BrO2/c13-10-4-6-12(15)9(7-10)3-5-11(14)8-1-2-8/h3-8,15H,1-2H2/b5-3+. The molecule has 2 nitrogen and oxygen atoms in total. The second-order valence-electron chi connectivity index (χ2n) is 3.71. The number of carbonyl (C=O) groups is 1. The molecule has 0 radical (unpaired) electrons. The zero-order chi connectivity index (χ0) is 10.8. The number of aromatic hydroxyl groups is 1. The van der Waals surface area contributed by atoms with Crippen LogP contribution in [-0.2, 0) is 4.79 Å². The van der Waals surface area contributed by atoms with Gasteiger partial charge in [-0.2, -0.15) is 0 Å². The van der Waals surface area contributed by atoms with E-state index in [-0.39, 0.29) is 17.5 Å². The summed E-state index contributed by atoms with van der Waals surface area (Å²) in [6, 6.07) is 5.15. The summed E-state index contributed by atoms with van der Waals surface area (Å²) in [5.74, 6) is 0.586. The van der Waals surface area contributed by atoms with E-state index in [4.69, 9.17) is 0 Å². The van der Waals surface area contributed by atoms with E-state index in [0.717, 1.165) is 17.3 Å². The van der Waals surface area contributed by atoms with Crippen LogP contribution in [0.4, 0.5) is 0 Å². The quantitative estimate of drug-likeness (QED) is 0.854. The van der Waals surface area contributed by atoms with Crippen molar-refractivity contribution < 1.29 is 9.90 Å². The Kier molecular flexibility index (Phi) is 2.91. The molecular weight excluding hydrogens is 256 g/mol. The summed E-state index contributed by atoms with van der Waals surface area (Å²) in [5, 5.41) is 9.52. The van der Waals surface area contributed by atoms with Gasteiger partial charge < -0.3 is 5.11 Å². The lowest BCUT2D eigenvalue weighted by Crippen LogP contribution is -1.93. The van der Waals surface area contributed by atoms with Crippen molar-refractivity contribution in [1.82, 2.24) is 0 Å². The first-order valence-electron chi connectivity index (χ1n) is 4.87. The number of ketones is 1. The van der Waals surface area contributed by atoms with E-state index in [1.807, 2.05) is 0 Å². The molecule has 2 rings (SSSR count). The molecule has 1 saturated carbocycles. The fourth-order valence-electron chi connectivity index (χ4n) is 1.33. The van der Waals surface area contributed by atoms with Gasteiger partial charge in [0.15, 0.2) is 5.78 Å². The maximum atomic E-state index is 11.4. The summed E-state index contributed by atoms with van der Waals surface area (Å²) in [5.41, 5.74) is 0.665. The highest BCUT2D eigenvalue weighted by Gasteiger charge is 2.27. The molecule has 78 valence electrons. The van der Waals surface area contributed by atoms with E-state index < -0.39 is 0 Å². The van der Waals surface area contributed by atoms with Crippen molar-refractivity contribution in [3.63, 3.8) is 0 Å². The summed E-state index contributed by atoms with van der Waals surface area (Å²) in [6.45, 7) is 0. The Morgan fingerprint density at radius 1 is 1.47 bits per heavy atom. The molecule has 1 aromatic rings. The fourth-order valence-corrected chi connectivity index (χ4v) is 1.71. The zero-order valence-electron chi connectivity index (χ0n) is 8.11. The molecule has 3 heteroatoms.